The van der Waals surface area contributed by atoms with Gasteiger partial charge in [-0.15, -0.1) is 0 Å². The highest BCUT2D eigenvalue weighted by Crippen LogP contribution is 2.28. The van der Waals surface area contributed by atoms with Gasteiger partial charge in [0.05, 0.1) is 11.6 Å². The van der Waals surface area contributed by atoms with Gasteiger partial charge in [0.2, 0.25) is 0 Å². The van der Waals surface area contributed by atoms with E-state index in [1.165, 1.54) is 12.1 Å². The van der Waals surface area contributed by atoms with Gasteiger partial charge in [0, 0.05) is 15.9 Å². The number of hydrogen-bond acceptors (Lipinski definition) is 2. The van der Waals surface area contributed by atoms with Crippen molar-refractivity contribution in [1.82, 2.24) is 10.6 Å². The van der Waals surface area contributed by atoms with Gasteiger partial charge >= 0.3 is 0 Å². The molecule has 0 fully saturated rings. The maximum Gasteiger partial charge on any atom is 0.255 e. The number of halogens is 2. The van der Waals surface area contributed by atoms with Gasteiger partial charge in [-0.3, -0.25) is 4.79 Å². The Balaban J connectivity index is 1.92. The summed E-state index contributed by atoms with van der Waals surface area (Å²) in [5, 5.41) is 9.36. The van der Waals surface area contributed by atoms with Crippen molar-refractivity contribution in [2.75, 3.05) is 5.32 Å². The lowest BCUT2D eigenvalue weighted by Gasteiger charge is -2.30. The van der Waals surface area contributed by atoms with Crippen molar-refractivity contribution in [3.8, 4) is 0 Å². The first-order chi connectivity index (χ1) is 11.9. The molecule has 1 aliphatic rings. The number of thiocarbonyl (C=S) groups is 1. The van der Waals surface area contributed by atoms with E-state index in [0.29, 0.717) is 22.1 Å². The molecule has 1 aliphatic heterocycles. The van der Waals surface area contributed by atoms with Crippen LogP contribution in [0.1, 0.15) is 18.5 Å². The smallest absolute Gasteiger partial charge is 0.255 e. The molecule has 1 atom stereocenters. The first kappa shape index (κ1) is 17.6. The molecule has 3 N–H and O–H groups in total. The lowest BCUT2D eigenvalue weighted by Crippen LogP contribution is -2.45. The fraction of sp³-hybridized carbons (Fsp3) is 0.111. The van der Waals surface area contributed by atoms with Crippen molar-refractivity contribution in [2.45, 2.75) is 13.0 Å². The molecule has 0 saturated heterocycles. The Morgan fingerprint density at radius 1 is 1.16 bits per heavy atom. The van der Waals surface area contributed by atoms with Crippen molar-refractivity contribution in [3.63, 3.8) is 0 Å². The van der Waals surface area contributed by atoms with Gasteiger partial charge < -0.3 is 16.0 Å². The zero-order chi connectivity index (χ0) is 18.0. The fourth-order valence-corrected chi connectivity index (χ4v) is 3.17. The van der Waals surface area contributed by atoms with E-state index in [1.807, 2.05) is 12.1 Å². The molecule has 3 rings (SSSR count). The molecule has 128 valence electrons. The van der Waals surface area contributed by atoms with Gasteiger partial charge in [-0.1, -0.05) is 28.1 Å². The summed E-state index contributed by atoms with van der Waals surface area (Å²) in [6.07, 6.45) is 0. The standard InChI is InChI=1S/C18H15BrFN3OS/c1-10-15(17(24)22-14-8-4-12(19)5-9-14)16(23-18(25)21-10)11-2-6-13(20)7-3-11/h2-9,16H,1H3,(H,22,24)(H2,21,23,25)/t16-/m1/s1. The zero-order valence-electron chi connectivity index (χ0n) is 13.3. The van der Waals surface area contributed by atoms with Crippen LogP contribution in [0.15, 0.2) is 64.3 Å². The average molecular weight is 420 g/mol. The van der Waals surface area contributed by atoms with Crippen molar-refractivity contribution in [1.29, 1.82) is 0 Å². The molecule has 7 heteroatoms. The minimum absolute atomic E-state index is 0.253. The summed E-state index contributed by atoms with van der Waals surface area (Å²) in [7, 11) is 0. The molecule has 0 aliphatic carbocycles. The molecule has 1 amide bonds. The molecule has 0 spiro atoms. The number of nitrogens with one attached hydrogen (secondary N) is 3. The van der Waals surface area contributed by atoms with Crippen LogP contribution in [-0.2, 0) is 4.79 Å². The summed E-state index contributed by atoms with van der Waals surface area (Å²) in [5.74, 6) is -0.585. The summed E-state index contributed by atoms with van der Waals surface area (Å²) in [6, 6.07) is 12.9. The van der Waals surface area contributed by atoms with E-state index in [0.717, 1.165) is 10.0 Å². The molecule has 4 nitrogen and oxygen atoms in total. The van der Waals surface area contributed by atoms with E-state index in [-0.39, 0.29) is 11.7 Å². The Labute approximate surface area is 158 Å². The third-order valence-corrected chi connectivity index (χ3v) is 4.57. The summed E-state index contributed by atoms with van der Waals surface area (Å²) in [6.45, 7) is 1.79. The molecular formula is C18H15BrFN3OS. The van der Waals surface area contributed by atoms with Crippen LogP contribution in [0.2, 0.25) is 0 Å². The number of carbonyl (C=O) groups excluding carboxylic acids is 1. The molecule has 2 aromatic rings. The van der Waals surface area contributed by atoms with Crippen molar-refractivity contribution in [3.05, 3.63) is 75.7 Å². The predicted octanol–water partition coefficient (Wildman–Crippen LogP) is 4.02. The molecule has 1 heterocycles. The van der Waals surface area contributed by atoms with E-state index >= 15 is 0 Å². The van der Waals surface area contributed by atoms with Crippen LogP contribution in [-0.4, -0.2) is 11.0 Å². The fourth-order valence-electron chi connectivity index (χ4n) is 2.63. The summed E-state index contributed by atoms with van der Waals surface area (Å²) < 4.78 is 14.2. The third kappa shape index (κ3) is 4.05. The second kappa shape index (κ2) is 7.33. The van der Waals surface area contributed by atoms with Crippen molar-refractivity contribution in [2.24, 2.45) is 0 Å². The van der Waals surface area contributed by atoms with Gasteiger partial charge in [0.15, 0.2) is 5.11 Å². The van der Waals surface area contributed by atoms with E-state index in [9.17, 15) is 9.18 Å². The quantitative estimate of drug-likeness (QED) is 0.657. The Morgan fingerprint density at radius 3 is 2.44 bits per heavy atom. The van der Waals surface area contributed by atoms with Gasteiger partial charge in [-0.05, 0) is 61.1 Å². The summed E-state index contributed by atoms with van der Waals surface area (Å²) in [5.41, 5.74) is 2.60. The van der Waals surface area contributed by atoms with Crippen LogP contribution in [0.5, 0.6) is 0 Å². The molecule has 0 bridgehead atoms. The second-order valence-electron chi connectivity index (χ2n) is 5.58. The molecule has 0 saturated carbocycles. The Kier molecular flexibility index (Phi) is 5.15. The normalized spacial score (nSPS) is 16.9. The lowest BCUT2D eigenvalue weighted by molar-refractivity contribution is -0.113. The van der Waals surface area contributed by atoms with Crippen LogP contribution in [0.3, 0.4) is 0 Å². The monoisotopic (exact) mass is 419 g/mol. The van der Waals surface area contributed by atoms with Gasteiger partial charge in [-0.25, -0.2) is 4.39 Å². The summed E-state index contributed by atoms with van der Waals surface area (Å²) in [4.78, 5) is 12.8. The molecular weight excluding hydrogens is 405 g/mol. The van der Waals surface area contributed by atoms with E-state index in [2.05, 4.69) is 31.9 Å². The minimum atomic E-state index is -0.454. The minimum Gasteiger partial charge on any atom is -0.351 e. The number of amides is 1. The van der Waals surface area contributed by atoms with Crippen LogP contribution in [0.25, 0.3) is 0 Å². The molecule has 0 radical (unpaired) electrons. The number of benzene rings is 2. The van der Waals surface area contributed by atoms with E-state index in [4.69, 9.17) is 12.2 Å². The number of hydrogen-bond donors (Lipinski definition) is 3. The Hall–Kier alpha value is -2.25. The lowest BCUT2D eigenvalue weighted by atomic mass is 9.95. The predicted molar refractivity (Wildman–Crippen MR) is 103 cm³/mol. The van der Waals surface area contributed by atoms with Crippen LogP contribution < -0.4 is 16.0 Å². The molecule has 0 unspecified atom stereocenters. The van der Waals surface area contributed by atoms with Gasteiger partial charge in [0.25, 0.3) is 5.91 Å². The second-order valence-corrected chi connectivity index (χ2v) is 6.91. The number of anilines is 1. The maximum absolute atomic E-state index is 13.2. The number of allylic oxidation sites excluding steroid dienone is 1. The highest BCUT2D eigenvalue weighted by molar-refractivity contribution is 9.10. The first-order valence-corrected chi connectivity index (χ1v) is 8.75. The number of carbonyl (C=O) groups is 1. The van der Waals surface area contributed by atoms with Crippen LogP contribution in [0, 0.1) is 5.82 Å². The van der Waals surface area contributed by atoms with Crippen LogP contribution in [0.4, 0.5) is 10.1 Å². The maximum atomic E-state index is 13.2. The average Bonchev–Trinajstić information content (AvgIpc) is 2.57. The SMILES string of the molecule is CC1=C(C(=O)Nc2ccc(Br)cc2)[C@@H](c2ccc(F)cc2)NC(=S)N1. The molecule has 0 aromatic heterocycles. The van der Waals surface area contributed by atoms with E-state index in [1.54, 1.807) is 31.2 Å². The van der Waals surface area contributed by atoms with Crippen LogP contribution >= 0.6 is 28.1 Å². The highest BCUT2D eigenvalue weighted by atomic mass is 79.9. The topological polar surface area (TPSA) is 53.2 Å². The van der Waals surface area contributed by atoms with E-state index < -0.39 is 6.04 Å². The molecule has 25 heavy (non-hydrogen) atoms. The zero-order valence-corrected chi connectivity index (χ0v) is 15.7. The van der Waals surface area contributed by atoms with Crippen molar-refractivity contribution < 1.29 is 9.18 Å². The van der Waals surface area contributed by atoms with Crippen molar-refractivity contribution >= 4 is 44.9 Å². The molecule has 2 aromatic carbocycles. The van der Waals surface area contributed by atoms with Gasteiger partial charge in [0.1, 0.15) is 5.82 Å². The highest BCUT2D eigenvalue weighted by Gasteiger charge is 2.29. The largest absolute Gasteiger partial charge is 0.351 e. The first-order valence-electron chi connectivity index (χ1n) is 7.54. The Bertz CT molecular complexity index is 850. The number of rotatable bonds is 3. The van der Waals surface area contributed by atoms with Gasteiger partial charge in [-0.2, -0.15) is 0 Å². The Morgan fingerprint density at radius 2 is 1.80 bits per heavy atom. The third-order valence-electron chi connectivity index (χ3n) is 3.82. The summed E-state index contributed by atoms with van der Waals surface area (Å²) >= 11 is 8.57.